The Morgan fingerprint density at radius 1 is 1.29 bits per heavy atom. The van der Waals surface area contributed by atoms with E-state index >= 15 is 0 Å². The maximum absolute atomic E-state index is 12.0. The summed E-state index contributed by atoms with van der Waals surface area (Å²) in [7, 11) is 1.83. The monoisotopic (exact) mass is 361 g/mol. The van der Waals surface area contributed by atoms with Crippen molar-refractivity contribution in [3.8, 4) is 0 Å². The second-order valence-corrected chi connectivity index (χ2v) is 6.60. The molecule has 3 rings (SSSR count). The number of fused-ring (bicyclic) bond motifs is 1. The molecule has 2 heterocycles. The standard InChI is InChI=1S/C16H16ClN5OS/c1-22-15-13(8-21-22)16(20-10-19-15)24-9-14(23)18-7-6-11-2-4-12(17)5-3-11/h2-5,8,10H,6-7,9H2,1H3,(H,18,23). The van der Waals surface area contributed by atoms with Gasteiger partial charge in [-0.3, -0.25) is 9.48 Å². The third-order valence-electron chi connectivity index (χ3n) is 3.48. The zero-order chi connectivity index (χ0) is 16.9. The minimum Gasteiger partial charge on any atom is -0.355 e. The van der Waals surface area contributed by atoms with Crippen molar-refractivity contribution < 1.29 is 4.79 Å². The third kappa shape index (κ3) is 4.04. The van der Waals surface area contributed by atoms with E-state index in [2.05, 4.69) is 20.4 Å². The number of carbonyl (C=O) groups is 1. The van der Waals surface area contributed by atoms with Crippen molar-refractivity contribution in [2.75, 3.05) is 12.3 Å². The van der Waals surface area contributed by atoms with Crippen LogP contribution in [0.1, 0.15) is 5.56 Å². The van der Waals surface area contributed by atoms with Crippen molar-refractivity contribution in [3.63, 3.8) is 0 Å². The van der Waals surface area contributed by atoms with Crippen molar-refractivity contribution in [2.24, 2.45) is 7.05 Å². The Hall–Kier alpha value is -2.12. The molecule has 6 nitrogen and oxygen atoms in total. The predicted octanol–water partition coefficient (Wildman–Crippen LogP) is 2.47. The Balaban J connectivity index is 1.49. The van der Waals surface area contributed by atoms with Crippen molar-refractivity contribution in [3.05, 3.63) is 47.4 Å². The smallest absolute Gasteiger partial charge is 0.230 e. The van der Waals surface area contributed by atoms with E-state index in [4.69, 9.17) is 11.6 Å². The Bertz CT molecular complexity index is 849. The first-order valence-corrected chi connectivity index (χ1v) is 8.76. The van der Waals surface area contributed by atoms with Crippen LogP contribution in [0.5, 0.6) is 0 Å². The van der Waals surface area contributed by atoms with Gasteiger partial charge in [0.15, 0.2) is 5.65 Å². The normalized spacial score (nSPS) is 10.9. The molecule has 24 heavy (non-hydrogen) atoms. The Morgan fingerprint density at radius 2 is 2.08 bits per heavy atom. The first-order chi connectivity index (χ1) is 11.6. The summed E-state index contributed by atoms with van der Waals surface area (Å²) in [6, 6.07) is 7.62. The van der Waals surface area contributed by atoms with E-state index in [1.807, 2.05) is 31.3 Å². The lowest BCUT2D eigenvalue weighted by Crippen LogP contribution is -2.27. The fraction of sp³-hybridized carbons (Fsp3) is 0.250. The molecule has 0 saturated heterocycles. The minimum absolute atomic E-state index is 0.0235. The molecule has 0 aliphatic rings. The average molecular weight is 362 g/mol. The van der Waals surface area contributed by atoms with Crippen LogP contribution < -0.4 is 5.32 Å². The highest BCUT2D eigenvalue weighted by Crippen LogP contribution is 2.23. The predicted molar refractivity (Wildman–Crippen MR) is 95.2 cm³/mol. The summed E-state index contributed by atoms with van der Waals surface area (Å²) in [6.07, 6.45) is 3.98. The van der Waals surface area contributed by atoms with Crippen molar-refractivity contribution in [1.29, 1.82) is 0 Å². The maximum Gasteiger partial charge on any atom is 0.230 e. The van der Waals surface area contributed by atoms with Gasteiger partial charge >= 0.3 is 0 Å². The van der Waals surface area contributed by atoms with Gasteiger partial charge in [-0.05, 0) is 24.1 Å². The van der Waals surface area contributed by atoms with Crippen LogP contribution in [0.15, 0.2) is 41.8 Å². The molecule has 8 heteroatoms. The lowest BCUT2D eigenvalue weighted by Gasteiger charge is -2.06. The molecule has 0 fully saturated rings. The highest BCUT2D eigenvalue weighted by molar-refractivity contribution is 8.00. The number of hydrogen-bond acceptors (Lipinski definition) is 5. The third-order valence-corrected chi connectivity index (χ3v) is 4.74. The number of thioether (sulfide) groups is 1. The lowest BCUT2D eigenvalue weighted by molar-refractivity contribution is -0.118. The van der Waals surface area contributed by atoms with Crippen LogP contribution in [-0.4, -0.2) is 38.0 Å². The molecule has 1 amide bonds. The molecule has 0 atom stereocenters. The summed E-state index contributed by atoms with van der Waals surface area (Å²) >= 11 is 7.24. The molecular formula is C16H16ClN5OS. The molecule has 124 valence electrons. The molecule has 0 aliphatic carbocycles. The molecular weight excluding hydrogens is 346 g/mol. The fourth-order valence-corrected chi connectivity index (χ4v) is 3.15. The van der Waals surface area contributed by atoms with Gasteiger partial charge in [-0.15, -0.1) is 0 Å². The zero-order valence-corrected chi connectivity index (χ0v) is 14.6. The number of amides is 1. The van der Waals surface area contributed by atoms with Crippen LogP contribution in [0.2, 0.25) is 5.02 Å². The summed E-state index contributed by atoms with van der Waals surface area (Å²) in [6.45, 7) is 0.590. The molecule has 0 aliphatic heterocycles. The van der Waals surface area contributed by atoms with Crippen LogP contribution in [0.4, 0.5) is 0 Å². The quantitative estimate of drug-likeness (QED) is 0.539. The molecule has 0 spiro atoms. The van der Waals surface area contributed by atoms with Crippen LogP contribution in [0, 0.1) is 0 Å². The number of nitrogens with one attached hydrogen (secondary N) is 1. The van der Waals surface area contributed by atoms with E-state index in [0.29, 0.717) is 17.3 Å². The summed E-state index contributed by atoms with van der Waals surface area (Å²) in [5.41, 5.74) is 1.90. The molecule has 0 radical (unpaired) electrons. The van der Waals surface area contributed by atoms with Gasteiger partial charge < -0.3 is 5.32 Å². The topological polar surface area (TPSA) is 72.7 Å². The Labute approximate surface area is 148 Å². The summed E-state index contributed by atoms with van der Waals surface area (Å²) in [4.78, 5) is 20.4. The zero-order valence-electron chi connectivity index (χ0n) is 13.1. The number of rotatable bonds is 6. The molecule has 1 aromatic carbocycles. The van der Waals surface area contributed by atoms with Crippen molar-refractivity contribution >= 4 is 40.3 Å². The number of aryl methyl sites for hydroxylation is 1. The van der Waals surface area contributed by atoms with E-state index < -0.39 is 0 Å². The van der Waals surface area contributed by atoms with Gasteiger partial charge in [-0.1, -0.05) is 35.5 Å². The molecule has 1 N–H and O–H groups in total. The van der Waals surface area contributed by atoms with Crippen LogP contribution in [0.25, 0.3) is 11.0 Å². The number of hydrogen-bond donors (Lipinski definition) is 1. The molecule has 0 saturated carbocycles. The average Bonchev–Trinajstić information content (AvgIpc) is 2.97. The fourth-order valence-electron chi connectivity index (χ4n) is 2.24. The van der Waals surface area contributed by atoms with Gasteiger partial charge in [0, 0.05) is 18.6 Å². The van der Waals surface area contributed by atoms with Crippen LogP contribution >= 0.6 is 23.4 Å². The van der Waals surface area contributed by atoms with Gasteiger partial charge in [0.25, 0.3) is 0 Å². The summed E-state index contributed by atoms with van der Waals surface area (Å²) in [5, 5.41) is 9.41. The number of aromatic nitrogens is 4. The van der Waals surface area contributed by atoms with Gasteiger partial charge in [0.1, 0.15) is 11.4 Å². The van der Waals surface area contributed by atoms with Crippen LogP contribution in [0.3, 0.4) is 0 Å². The summed E-state index contributed by atoms with van der Waals surface area (Å²) < 4.78 is 1.69. The molecule has 0 bridgehead atoms. The number of halogens is 1. The first kappa shape index (κ1) is 16.7. The number of nitrogens with zero attached hydrogens (tertiary/aromatic N) is 4. The van der Waals surface area contributed by atoms with Crippen molar-refractivity contribution in [1.82, 2.24) is 25.1 Å². The SMILES string of the molecule is Cn1ncc2c(SCC(=O)NCCc3ccc(Cl)cc3)ncnc21. The first-order valence-electron chi connectivity index (χ1n) is 7.40. The van der Waals surface area contributed by atoms with Crippen LogP contribution in [-0.2, 0) is 18.3 Å². The van der Waals surface area contributed by atoms with Gasteiger partial charge in [0.2, 0.25) is 5.91 Å². The van der Waals surface area contributed by atoms with E-state index in [1.165, 1.54) is 18.1 Å². The van der Waals surface area contributed by atoms with E-state index in [0.717, 1.165) is 28.0 Å². The minimum atomic E-state index is -0.0235. The molecule has 3 aromatic rings. The molecule has 0 unspecified atom stereocenters. The second-order valence-electron chi connectivity index (χ2n) is 5.20. The Morgan fingerprint density at radius 3 is 2.88 bits per heavy atom. The highest BCUT2D eigenvalue weighted by Gasteiger charge is 2.10. The Kier molecular flexibility index (Phi) is 5.32. The summed E-state index contributed by atoms with van der Waals surface area (Å²) in [5.74, 6) is 0.284. The lowest BCUT2D eigenvalue weighted by atomic mass is 10.1. The highest BCUT2D eigenvalue weighted by atomic mass is 35.5. The number of benzene rings is 1. The largest absolute Gasteiger partial charge is 0.355 e. The second kappa shape index (κ2) is 7.63. The van der Waals surface area contributed by atoms with Gasteiger partial charge in [-0.2, -0.15) is 5.10 Å². The van der Waals surface area contributed by atoms with Crippen molar-refractivity contribution in [2.45, 2.75) is 11.4 Å². The maximum atomic E-state index is 12.0. The van der Waals surface area contributed by atoms with E-state index in [9.17, 15) is 4.79 Å². The number of carbonyl (C=O) groups excluding carboxylic acids is 1. The molecule has 2 aromatic heterocycles. The van der Waals surface area contributed by atoms with E-state index in [1.54, 1.807) is 10.9 Å². The van der Waals surface area contributed by atoms with E-state index in [-0.39, 0.29) is 5.91 Å². The van der Waals surface area contributed by atoms with Gasteiger partial charge in [0.05, 0.1) is 17.3 Å². The van der Waals surface area contributed by atoms with Gasteiger partial charge in [-0.25, -0.2) is 9.97 Å².